The van der Waals surface area contributed by atoms with Gasteiger partial charge < -0.3 is 4.74 Å². The molecule has 0 bridgehead atoms. The predicted octanol–water partition coefficient (Wildman–Crippen LogP) is 8.04. The van der Waals surface area contributed by atoms with Crippen LogP contribution < -0.4 is 4.74 Å². The number of aryl methyl sites for hydroxylation is 4. The maximum absolute atomic E-state index is 5.72. The third kappa shape index (κ3) is 5.69. The molecule has 2 aromatic rings. The predicted molar refractivity (Wildman–Crippen MR) is 137 cm³/mol. The molecule has 0 radical (unpaired) electrons. The van der Waals surface area contributed by atoms with Crippen molar-refractivity contribution in [1.82, 2.24) is 0 Å². The molecular formula is C26H31IOS. The molecule has 0 N–H and O–H groups in total. The van der Waals surface area contributed by atoms with Crippen molar-refractivity contribution in [3.63, 3.8) is 0 Å². The first-order chi connectivity index (χ1) is 13.9. The molecule has 0 aromatic heterocycles. The van der Waals surface area contributed by atoms with Crippen LogP contribution in [0.25, 0.3) is 4.91 Å². The third-order valence-electron chi connectivity index (χ3n) is 5.70. The van der Waals surface area contributed by atoms with Gasteiger partial charge in [0.05, 0.1) is 7.11 Å². The molecule has 0 saturated heterocycles. The van der Waals surface area contributed by atoms with E-state index >= 15 is 0 Å². The van der Waals surface area contributed by atoms with Crippen molar-refractivity contribution < 1.29 is 4.74 Å². The fourth-order valence-electron chi connectivity index (χ4n) is 3.94. The number of halogens is 1. The van der Waals surface area contributed by atoms with Gasteiger partial charge in [0.15, 0.2) is 0 Å². The highest BCUT2D eigenvalue weighted by molar-refractivity contribution is 14.1. The van der Waals surface area contributed by atoms with Crippen molar-refractivity contribution in [3.8, 4) is 5.75 Å². The number of methoxy groups -OCH3 is 1. The van der Waals surface area contributed by atoms with Crippen molar-refractivity contribution in [2.24, 2.45) is 0 Å². The largest absolute Gasteiger partial charge is 0.496 e. The number of hydrogen-bond acceptors (Lipinski definition) is 2. The Labute approximate surface area is 194 Å². The van der Waals surface area contributed by atoms with Gasteiger partial charge >= 0.3 is 0 Å². The van der Waals surface area contributed by atoms with Gasteiger partial charge in [-0.1, -0.05) is 36.4 Å². The summed E-state index contributed by atoms with van der Waals surface area (Å²) in [6.45, 7) is 11.0. The van der Waals surface area contributed by atoms with E-state index in [4.69, 9.17) is 4.74 Å². The molecule has 0 atom stereocenters. The van der Waals surface area contributed by atoms with Crippen molar-refractivity contribution >= 4 is 39.3 Å². The van der Waals surface area contributed by atoms with E-state index in [-0.39, 0.29) is 0 Å². The summed E-state index contributed by atoms with van der Waals surface area (Å²) in [6, 6.07) is 9.18. The summed E-state index contributed by atoms with van der Waals surface area (Å²) in [5, 5.41) is 2.25. The SMILES string of the molecule is C=C(S/C=C(\C)Cc1cc(C)c(I)cc1C)c1cc2c(cc1OC)CCCCC2. The van der Waals surface area contributed by atoms with Gasteiger partial charge in [0.2, 0.25) is 0 Å². The lowest BCUT2D eigenvalue weighted by Gasteiger charge is -2.15. The lowest BCUT2D eigenvalue weighted by molar-refractivity contribution is 0.413. The number of ether oxygens (including phenoxy) is 1. The van der Waals surface area contributed by atoms with E-state index in [2.05, 4.69) is 79.6 Å². The molecule has 154 valence electrons. The summed E-state index contributed by atoms with van der Waals surface area (Å²) in [4.78, 5) is 1.06. The molecule has 1 nitrogen and oxygen atoms in total. The molecule has 0 saturated carbocycles. The van der Waals surface area contributed by atoms with Crippen LogP contribution in [0.2, 0.25) is 0 Å². The molecular weight excluding hydrogens is 487 g/mol. The summed E-state index contributed by atoms with van der Waals surface area (Å²) in [6.07, 6.45) is 7.20. The van der Waals surface area contributed by atoms with Gasteiger partial charge in [0.1, 0.15) is 5.75 Å². The first kappa shape index (κ1) is 22.5. The van der Waals surface area contributed by atoms with Crippen molar-refractivity contribution in [1.29, 1.82) is 0 Å². The summed E-state index contributed by atoms with van der Waals surface area (Å²) in [5.41, 5.74) is 9.56. The number of fused-ring (bicyclic) bond motifs is 1. The smallest absolute Gasteiger partial charge is 0.127 e. The summed E-state index contributed by atoms with van der Waals surface area (Å²) >= 11 is 4.13. The van der Waals surface area contributed by atoms with Crippen LogP contribution in [0, 0.1) is 17.4 Å². The minimum Gasteiger partial charge on any atom is -0.496 e. The Kier molecular flexibility index (Phi) is 7.92. The quantitative estimate of drug-likeness (QED) is 0.283. The van der Waals surface area contributed by atoms with Crippen LogP contribution in [-0.4, -0.2) is 7.11 Å². The summed E-state index contributed by atoms with van der Waals surface area (Å²) in [7, 11) is 1.77. The normalized spacial score (nSPS) is 14.3. The topological polar surface area (TPSA) is 9.23 Å². The highest BCUT2D eigenvalue weighted by Gasteiger charge is 2.15. The average molecular weight is 519 g/mol. The monoisotopic (exact) mass is 518 g/mol. The number of allylic oxidation sites excluding steroid dienone is 1. The van der Waals surface area contributed by atoms with Crippen LogP contribution in [0.5, 0.6) is 5.75 Å². The highest BCUT2D eigenvalue weighted by atomic mass is 127. The van der Waals surface area contributed by atoms with Crippen molar-refractivity contribution in [3.05, 3.63) is 78.8 Å². The molecule has 0 aliphatic heterocycles. The highest BCUT2D eigenvalue weighted by Crippen LogP contribution is 2.37. The van der Waals surface area contributed by atoms with Gasteiger partial charge in [-0.25, -0.2) is 0 Å². The Morgan fingerprint density at radius 1 is 1.07 bits per heavy atom. The average Bonchev–Trinajstić information content (AvgIpc) is 2.94. The van der Waals surface area contributed by atoms with Gasteiger partial charge in [0.25, 0.3) is 0 Å². The van der Waals surface area contributed by atoms with Crippen LogP contribution in [0.4, 0.5) is 0 Å². The van der Waals surface area contributed by atoms with E-state index in [0.717, 1.165) is 22.6 Å². The van der Waals surface area contributed by atoms with E-state index in [1.54, 1.807) is 18.9 Å². The number of benzene rings is 2. The van der Waals surface area contributed by atoms with Gasteiger partial charge in [0, 0.05) is 14.0 Å². The molecule has 0 amide bonds. The second-order valence-electron chi connectivity index (χ2n) is 8.09. The molecule has 0 heterocycles. The van der Waals surface area contributed by atoms with Crippen LogP contribution in [0.3, 0.4) is 0 Å². The van der Waals surface area contributed by atoms with E-state index in [1.165, 1.54) is 69.1 Å². The number of thioether (sulfide) groups is 1. The van der Waals surface area contributed by atoms with Crippen molar-refractivity contribution in [2.75, 3.05) is 7.11 Å². The molecule has 0 spiro atoms. The molecule has 0 fully saturated rings. The molecule has 29 heavy (non-hydrogen) atoms. The fraction of sp³-hybridized carbons (Fsp3) is 0.385. The lowest BCUT2D eigenvalue weighted by Crippen LogP contribution is -1.97. The first-order valence-corrected chi connectivity index (χ1v) is 12.3. The Bertz CT molecular complexity index is 942. The fourth-order valence-corrected chi connectivity index (χ4v) is 5.27. The van der Waals surface area contributed by atoms with E-state index < -0.39 is 0 Å². The molecule has 3 heteroatoms. The van der Waals surface area contributed by atoms with E-state index in [9.17, 15) is 0 Å². The molecule has 3 rings (SSSR count). The molecule has 1 aliphatic carbocycles. The van der Waals surface area contributed by atoms with E-state index in [0.29, 0.717) is 0 Å². The maximum Gasteiger partial charge on any atom is 0.127 e. The Hall–Kier alpha value is -1.20. The van der Waals surface area contributed by atoms with E-state index in [1.807, 2.05) is 0 Å². The molecule has 2 aromatic carbocycles. The molecule has 1 aliphatic rings. The van der Waals surface area contributed by atoms with Gasteiger partial charge in [-0.2, -0.15) is 0 Å². The minimum absolute atomic E-state index is 0.957. The van der Waals surface area contributed by atoms with Crippen LogP contribution in [-0.2, 0) is 19.3 Å². The van der Waals surface area contributed by atoms with Crippen LogP contribution in [0.15, 0.2) is 41.8 Å². The van der Waals surface area contributed by atoms with Gasteiger partial charge in [-0.05, 0) is 127 Å². The van der Waals surface area contributed by atoms with Crippen molar-refractivity contribution in [2.45, 2.75) is 59.3 Å². The molecule has 0 unspecified atom stereocenters. The zero-order valence-electron chi connectivity index (χ0n) is 18.0. The number of hydrogen-bond donors (Lipinski definition) is 0. The van der Waals surface area contributed by atoms with Crippen LogP contribution >= 0.6 is 34.4 Å². The van der Waals surface area contributed by atoms with Gasteiger partial charge in [-0.3, -0.25) is 0 Å². The first-order valence-electron chi connectivity index (χ1n) is 10.4. The Morgan fingerprint density at radius 2 is 1.76 bits per heavy atom. The minimum atomic E-state index is 0.957. The lowest BCUT2D eigenvalue weighted by atomic mass is 9.99. The standard InChI is InChI=1S/C26H31IOS/c1-17(11-23-12-19(3)25(27)13-18(23)2)16-29-20(4)24-14-21-9-7-6-8-10-22(21)15-26(24)28-5/h12-16H,4,6-11H2,1-3,5H3/b17-16+. The zero-order valence-corrected chi connectivity index (χ0v) is 21.0. The second-order valence-corrected chi connectivity index (χ2v) is 10.2. The third-order valence-corrected chi connectivity index (χ3v) is 7.89. The van der Waals surface area contributed by atoms with Gasteiger partial charge in [-0.15, -0.1) is 0 Å². The Balaban J connectivity index is 1.76. The number of rotatable bonds is 6. The summed E-state index contributed by atoms with van der Waals surface area (Å²) < 4.78 is 7.06. The zero-order chi connectivity index (χ0) is 21.0. The maximum atomic E-state index is 5.72. The van der Waals surface area contributed by atoms with Crippen LogP contribution in [0.1, 0.15) is 59.6 Å². The second kappa shape index (κ2) is 10.2. The summed E-state index contributed by atoms with van der Waals surface area (Å²) in [5.74, 6) is 0.957. The Morgan fingerprint density at radius 3 is 2.45 bits per heavy atom.